The zero-order chi connectivity index (χ0) is 47.2. The van der Waals surface area contributed by atoms with Gasteiger partial charge in [-0.2, -0.15) is 0 Å². The molecule has 0 saturated carbocycles. The molecule has 8 rings (SSSR count). The van der Waals surface area contributed by atoms with Crippen LogP contribution in [0.15, 0.2) is 4.42 Å². The van der Waals surface area contributed by atoms with Gasteiger partial charge in [0, 0.05) is 32.8 Å². The fourth-order valence-electron chi connectivity index (χ4n) is 7.95. The molecule has 0 spiro atoms. The molecule has 46 radical (unpaired) electrons. The van der Waals surface area contributed by atoms with Crippen molar-refractivity contribution in [2.45, 2.75) is 0 Å². The molecule has 0 fully saturated rings. The summed E-state index contributed by atoms with van der Waals surface area (Å²) in [5, 5.41) is 0.630. The maximum Gasteiger partial charge on any atom is 0.162 e. The zero-order valence-corrected chi connectivity index (χ0v) is 33.5. The maximum absolute atomic E-state index is 7.06. The van der Waals surface area contributed by atoms with Gasteiger partial charge in [-0.1, -0.05) is 76.5 Å². The normalized spacial score (nSPS) is 11.6. The fourth-order valence-corrected chi connectivity index (χ4v) is 7.95. The van der Waals surface area contributed by atoms with E-state index in [0.717, 1.165) is 0 Å². The Hall–Kier alpha value is -4.12. The molecule has 8 aromatic rings. The van der Waals surface area contributed by atoms with Crippen LogP contribution in [0.2, 0.25) is 0 Å². The van der Waals surface area contributed by atoms with E-state index < -0.39 is 0 Å². The van der Waals surface area contributed by atoms with E-state index in [1.165, 1.54) is 0 Å². The molecule has 0 aliphatic carbocycles. The largest absolute Gasteiger partial charge is 0.456 e. The summed E-state index contributed by atoms with van der Waals surface area (Å²) in [6.45, 7) is 0. The number of hydrogen-bond donors (Lipinski definition) is 0. The Balaban J connectivity index is 1.52. The molecule has 0 aliphatic rings. The van der Waals surface area contributed by atoms with Crippen molar-refractivity contribution in [2.24, 2.45) is 0 Å². The van der Waals surface area contributed by atoms with Crippen LogP contribution in [-0.2, 0) is 0 Å². The lowest BCUT2D eigenvalue weighted by atomic mass is 9.59. The molecule has 0 bridgehead atoms. The third-order valence-electron chi connectivity index (χ3n) is 11.6. The molecule has 6 aromatic carbocycles. The number of hydrogen-bond acceptors (Lipinski definition) is 4. The van der Waals surface area contributed by atoms with Gasteiger partial charge in [-0.05, 0) is 16.5 Å². The summed E-state index contributed by atoms with van der Waals surface area (Å²) in [5.74, 6) is -0.847. The van der Waals surface area contributed by atoms with Crippen molar-refractivity contribution in [3.63, 3.8) is 0 Å². The first-order valence-electron chi connectivity index (χ1n) is 18.4. The highest BCUT2D eigenvalue weighted by atomic mass is 16.3. The number of nitrogens with zero attached hydrogens (tertiary/aromatic N) is 3. The van der Waals surface area contributed by atoms with Crippen LogP contribution in [0.25, 0.3) is 78.0 Å². The van der Waals surface area contributed by atoms with Gasteiger partial charge in [-0.25, -0.2) is 15.0 Å². The van der Waals surface area contributed by atoms with Gasteiger partial charge in [0.05, 0.1) is 0 Å². The van der Waals surface area contributed by atoms with Gasteiger partial charge in [-0.3, -0.25) is 0 Å². The van der Waals surface area contributed by atoms with Crippen molar-refractivity contribution in [3.8, 4) is 45.3 Å². The molecule has 0 amide bonds. The van der Waals surface area contributed by atoms with E-state index in [1.54, 1.807) is 0 Å². The lowest BCUT2D eigenvalue weighted by Crippen LogP contribution is -2.55. The van der Waals surface area contributed by atoms with Gasteiger partial charge in [0.15, 0.2) is 17.5 Å². The number of rotatable bonds is 4. The first kappa shape index (κ1) is 46.4. The van der Waals surface area contributed by atoms with Crippen molar-refractivity contribution >= 4 is 339 Å². The Bertz CT molecular complexity index is 3350. The number of aromatic nitrogens is 3. The molecule has 27 heteroatoms. The quantitative estimate of drug-likeness (QED) is 0.168. The van der Waals surface area contributed by atoms with Crippen LogP contribution in [0.5, 0.6) is 0 Å². The topological polar surface area (TPSA) is 51.8 Å². The molecular weight excluding hydrogens is 751 g/mol. The Labute approximate surface area is 401 Å². The molecule has 2 aromatic heterocycles. The monoisotopic (exact) mass is 755 g/mol. The van der Waals surface area contributed by atoms with Crippen LogP contribution in [0.4, 0.5) is 0 Å². The highest BCUT2D eigenvalue weighted by Gasteiger charge is 2.28. The van der Waals surface area contributed by atoms with Crippen molar-refractivity contribution in [1.29, 1.82) is 0 Å². The van der Waals surface area contributed by atoms with Crippen LogP contribution < -0.4 is 126 Å². The Morgan fingerprint density at radius 2 is 0.422 bits per heavy atom. The molecular formula is C37B23N3O. The summed E-state index contributed by atoms with van der Waals surface area (Å²) in [4.78, 5) is 13.9. The van der Waals surface area contributed by atoms with Gasteiger partial charge in [0.1, 0.15) is 192 Å². The second kappa shape index (κ2) is 16.0. The standard InChI is InChI=1S/C37B23N3O/c38-10-1(15(43)32(60)34-5(10)6-16(44)12(40)3-4(33(6)64-34)17(45)25(53)24(52)14(3)42)2-11(39)7(18(46)23(51)13(2)41)35-61-36(8-19(47)26(54)30(58)27(55)20(8)48)63-37(62-35)9-21(49)28(56)31(59)29(57)22(9)50. The van der Waals surface area contributed by atoms with Crippen LogP contribution in [0, 0.1) is 0 Å². The SMILES string of the molecule is [B]c1c([B])c([B])c(-c2nc(-c3c([B])c([B])c([B])c([B])c3[B])nc(-c3c([B])c([B])c([B])c(-c4c([B])c([B])c5oc6c7c([B])c([B])c([B])c([B])c7c([B])c([B])c6c5c4[B])c3[B])n2)c([B])c1[B]. The van der Waals surface area contributed by atoms with Crippen molar-refractivity contribution in [3.05, 3.63) is 0 Å². The first-order chi connectivity index (χ1) is 29.9. The van der Waals surface area contributed by atoms with E-state index >= 15 is 0 Å². The van der Waals surface area contributed by atoms with Crippen molar-refractivity contribution < 1.29 is 4.42 Å². The molecule has 0 N–H and O–H groups in total. The van der Waals surface area contributed by atoms with Crippen LogP contribution in [0.3, 0.4) is 0 Å². The van der Waals surface area contributed by atoms with Gasteiger partial charge in [-0.15, -0.1) is 49.2 Å². The average Bonchev–Trinajstić information content (AvgIpc) is 3.67. The van der Waals surface area contributed by atoms with Crippen molar-refractivity contribution in [2.75, 3.05) is 0 Å². The molecule has 0 saturated heterocycles. The van der Waals surface area contributed by atoms with Gasteiger partial charge in [0.2, 0.25) is 0 Å². The Morgan fingerprint density at radius 1 is 0.188 bits per heavy atom. The zero-order valence-electron chi connectivity index (χ0n) is 33.5. The summed E-state index contributed by atoms with van der Waals surface area (Å²) in [7, 11) is 149. The summed E-state index contributed by atoms with van der Waals surface area (Å²) < 4.78 is 6.33. The smallest absolute Gasteiger partial charge is 0.162 e. The lowest BCUT2D eigenvalue weighted by molar-refractivity contribution is 0.676. The van der Waals surface area contributed by atoms with E-state index in [0.29, 0.717) is 0 Å². The highest BCUT2D eigenvalue weighted by molar-refractivity contribution is 6.74. The summed E-state index contributed by atoms with van der Waals surface area (Å²) in [6.07, 6.45) is 0. The minimum absolute atomic E-state index is 0.00637. The third kappa shape index (κ3) is 6.34. The minimum Gasteiger partial charge on any atom is -0.456 e. The number of furan rings is 1. The Kier molecular flexibility index (Phi) is 11.6. The van der Waals surface area contributed by atoms with Crippen LogP contribution in [-0.4, -0.2) is 195 Å². The number of benzene rings is 6. The summed E-state index contributed by atoms with van der Waals surface area (Å²) >= 11 is 0. The average molecular weight is 751 g/mol. The van der Waals surface area contributed by atoms with E-state index in [4.69, 9.17) is 185 Å². The van der Waals surface area contributed by atoms with Crippen LogP contribution in [0.1, 0.15) is 0 Å². The van der Waals surface area contributed by atoms with Gasteiger partial charge < -0.3 is 4.42 Å². The van der Waals surface area contributed by atoms with E-state index in [-0.39, 0.29) is 204 Å². The molecule has 0 aliphatic heterocycles. The molecule has 4 nitrogen and oxygen atoms in total. The van der Waals surface area contributed by atoms with Gasteiger partial charge >= 0.3 is 0 Å². The maximum atomic E-state index is 7.06. The van der Waals surface area contributed by atoms with Crippen molar-refractivity contribution in [1.82, 2.24) is 15.0 Å². The number of fused-ring (bicyclic) bond motifs is 5. The second-order valence-corrected chi connectivity index (χ2v) is 15.0. The Morgan fingerprint density at radius 3 is 0.844 bits per heavy atom. The van der Waals surface area contributed by atoms with E-state index in [9.17, 15) is 0 Å². The van der Waals surface area contributed by atoms with Crippen LogP contribution >= 0.6 is 0 Å². The first-order valence-corrected chi connectivity index (χ1v) is 18.4. The van der Waals surface area contributed by atoms with Gasteiger partial charge in [0.25, 0.3) is 0 Å². The molecule has 238 valence electrons. The van der Waals surface area contributed by atoms with E-state index in [1.807, 2.05) is 0 Å². The second-order valence-electron chi connectivity index (χ2n) is 15.0. The third-order valence-corrected chi connectivity index (χ3v) is 11.6. The molecule has 0 atom stereocenters. The predicted octanol–water partition coefficient (Wildman–Crippen LogP) is -18.2. The summed E-state index contributed by atoms with van der Waals surface area (Å²) in [5.41, 5.74) is -3.28. The minimum atomic E-state index is -0.308. The fraction of sp³-hybridized carbons (Fsp3) is 0. The van der Waals surface area contributed by atoms with E-state index in [2.05, 4.69) is 15.0 Å². The molecule has 2 heterocycles. The molecule has 0 unspecified atom stereocenters. The molecule has 64 heavy (non-hydrogen) atoms. The highest BCUT2D eigenvalue weighted by Crippen LogP contribution is 2.30. The predicted molar refractivity (Wildman–Crippen MR) is 290 cm³/mol. The summed E-state index contributed by atoms with van der Waals surface area (Å²) in [6, 6.07) is 0. The lowest BCUT2D eigenvalue weighted by Gasteiger charge is -2.27.